The zero-order valence-electron chi connectivity index (χ0n) is 17.2. The van der Waals surface area contributed by atoms with Gasteiger partial charge >= 0.3 is 0 Å². The van der Waals surface area contributed by atoms with Crippen LogP contribution in [-0.2, 0) is 11.2 Å². The summed E-state index contributed by atoms with van der Waals surface area (Å²) in [5.41, 5.74) is 2.16. The summed E-state index contributed by atoms with van der Waals surface area (Å²) in [5, 5.41) is 12.5. The topological polar surface area (TPSA) is 66.6 Å². The molecule has 1 amide bonds. The van der Waals surface area contributed by atoms with E-state index in [2.05, 4.69) is 55.4 Å². The number of benzene rings is 1. The molecule has 30 heavy (non-hydrogen) atoms. The quantitative estimate of drug-likeness (QED) is 0.669. The number of anilines is 1. The van der Waals surface area contributed by atoms with Gasteiger partial charge in [-0.3, -0.25) is 4.79 Å². The van der Waals surface area contributed by atoms with Crippen molar-refractivity contribution in [1.82, 2.24) is 24.7 Å². The molecule has 7 heteroatoms. The van der Waals surface area contributed by atoms with Crippen molar-refractivity contribution in [2.75, 3.05) is 31.1 Å². The summed E-state index contributed by atoms with van der Waals surface area (Å²) in [6, 6.07) is 14.6. The monoisotopic (exact) mass is 404 g/mol. The molecule has 3 aromatic rings. The van der Waals surface area contributed by atoms with Crippen molar-refractivity contribution in [3.05, 3.63) is 54.4 Å². The Morgan fingerprint density at radius 3 is 2.47 bits per heavy atom. The van der Waals surface area contributed by atoms with Gasteiger partial charge in [0.15, 0.2) is 5.65 Å². The largest absolute Gasteiger partial charge is 0.355 e. The SMILES string of the molecule is O=C(C1CCN(c2ccc3nncn3n2)CC1)N1CCC(Cc2ccccc2)CC1. The molecule has 0 aliphatic carbocycles. The molecule has 2 aliphatic rings. The van der Waals surface area contributed by atoms with Crippen LogP contribution >= 0.6 is 0 Å². The van der Waals surface area contributed by atoms with Gasteiger partial charge in [-0.25, -0.2) is 0 Å². The zero-order chi connectivity index (χ0) is 20.3. The number of amides is 1. The molecule has 0 spiro atoms. The summed E-state index contributed by atoms with van der Waals surface area (Å²) in [5.74, 6) is 2.12. The highest BCUT2D eigenvalue weighted by atomic mass is 16.2. The molecule has 1 aromatic carbocycles. The number of nitrogens with zero attached hydrogens (tertiary/aromatic N) is 6. The summed E-state index contributed by atoms with van der Waals surface area (Å²) >= 11 is 0. The minimum absolute atomic E-state index is 0.144. The van der Waals surface area contributed by atoms with Crippen molar-refractivity contribution in [3.8, 4) is 0 Å². The van der Waals surface area contributed by atoms with Crippen molar-refractivity contribution in [3.63, 3.8) is 0 Å². The highest BCUT2D eigenvalue weighted by Crippen LogP contribution is 2.27. The van der Waals surface area contributed by atoms with E-state index in [1.54, 1.807) is 10.8 Å². The van der Waals surface area contributed by atoms with Crippen molar-refractivity contribution < 1.29 is 4.79 Å². The van der Waals surface area contributed by atoms with Crippen LogP contribution in [0.15, 0.2) is 48.8 Å². The Hall–Kier alpha value is -2.96. The lowest BCUT2D eigenvalue weighted by Crippen LogP contribution is -2.45. The predicted molar refractivity (Wildman–Crippen MR) is 115 cm³/mol. The van der Waals surface area contributed by atoms with Crippen LogP contribution in [0.25, 0.3) is 5.65 Å². The summed E-state index contributed by atoms with van der Waals surface area (Å²) in [6.07, 6.45) is 6.77. The molecule has 2 fully saturated rings. The Labute approximate surface area is 176 Å². The Kier molecular flexibility index (Phi) is 5.34. The molecule has 0 radical (unpaired) electrons. The number of carbonyl (C=O) groups excluding carboxylic acids is 1. The van der Waals surface area contributed by atoms with Crippen LogP contribution in [0.3, 0.4) is 0 Å². The van der Waals surface area contributed by atoms with Gasteiger partial charge in [-0.15, -0.1) is 15.3 Å². The van der Waals surface area contributed by atoms with Gasteiger partial charge in [-0.05, 0) is 55.7 Å². The molecule has 2 saturated heterocycles. The molecule has 156 valence electrons. The van der Waals surface area contributed by atoms with E-state index < -0.39 is 0 Å². The van der Waals surface area contributed by atoms with Gasteiger partial charge in [0.05, 0.1) is 0 Å². The third-order valence-corrected chi connectivity index (χ3v) is 6.61. The molecule has 2 aromatic heterocycles. The fraction of sp³-hybridized carbons (Fsp3) is 0.478. The van der Waals surface area contributed by atoms with E-state index in [1.807, 2.05) is 12.1 Å². The molecule has 7 nitrogen and oxygen atoms in total. The van der Waals surface area contributed by atoms with Crippen molar-refractivity contribution in [1.29, 1.82) is 0 Å². The van der Waals surface area contributed by atoms with Gasteiger partial charge < -0.3 is 9.80 Å². The first-order chi connectivity index (χ1) is 14.8. The Morgan fingerprint density at radius 1 is 0.933 bits per heavy atom. The van der Waals surface area contributed by atoms with Crippen LogP contribution in [0.5, 0.6) is 0 Å². The minimum atomic E-state index is 0.144. The Bertz CT molecular complexity index is 987. The average molecular weight is 405 g/mol. The Balaban J connectivity index is 1.12. The van der Waals surface area contributed by atoms with E-state index in [1.165, 1.54) is 5.56 Å². The maximum Gasteiger partial charge on any atom is 0.225 e. The van der Waals surface area contributed by atoms with Crippen LogP contribution < -0.4 is 4.90 Å². The average Bonchev–Trinajstić information content (AvgIpc) is 3.28. The smallest absolute Gasteiger partial charge is 0.225 e. The molecule has 5 rings (SSSR count). The molecule has 2 aliphatic heterocycles. The third-order valence-electron chi connectivity index (χ3n) is 6.61. The van der Waals surface area contributed by atoms with Crippen LogP contribution in [0.1, 0.15) is 31.2 Å². The zero-order valence-corrected chi connectivity index (χ0v) is 17.2. The Morgan fingerprint density at radius 2 is 1.70 bits per heavy atom. The van der Waals surface area contributed by atoms with Gasteiger partial charge in [0, 0.05) is 32.1 Å². The van der Waals surface area contributed by atoms with E-state index in [0.717, 1.165) is 69.7 Å². The van der Waals surface area contributed by atoms with E-state index in [4.69, 9.17) is 0 Å². The number of piperidine rings is 2. The number of hydrogen-bond donors (Lipinski definition) is 0. The standard InChI is InChI=1S/C23H28N6O/c30-23(28-12-8-19(9-13-28)16-18-4-2-1-3-5-18)20-10-14-27(15-11-20)22-7-6-21-25-24-17-29(21)26-22/h1-7,17,19-20H,8-16H2. The molecular weight excluding hydrogens is 376 g/mol. The van der Waals surface area contributed by atoms with Crippen molar-refractivity contribution >= 4 is 17.4 Å². The normalized spacial score (nSPS) is 18.8. The number of aromatic nitrogens is 4. The molecular formula is C23H28N6O. The minimum Gasteiger partial charge on any atom is -0.355 e. The van der Waals surface area contributed by atoms with Crippen LogP contribution in [0.2, 0.25) is 0 Å². The van der Waals surface area contributed by atoms with E-state index in [-0.39, 0.29) is 5.92 Å². The second-order valence-corrected chi connectivity index (χ2v) is 8.54. The fourth-order valence-electron chi connectivity index (χ4n) is 4.81. The first kappa shape index (κ1) is 19.0. The molecule has 0 atom stereocenters. The molecule has 0 bridgehead atoms. The van der Waals surface area contributed by atoms with Gasteiger partial charge in [0.25, 0.3) is 0 Å². The van der Waals surface area contributed by atoms with Gasteiger partial charge in [-0.1, -0.05) is 30.3 Å². The van der Waals surface area contributed by atoms with Crippen molar-refractivity contribution in [2.24, 2.45) is 11.8 Å². The second kappa shape index (κ2) is 8.42. The van der Waals surface area contributed by atoms with Crippen LogP contribution in [-0.4, -0.2) is 56.8 Å². The second-order valence-electron chi connectivity index (χ2n) is 8.54. The summed E-state index contributed by atoms with van der Waals surface area (Å²) in [6.45, 7) is 3.54. The van der Waals surface area contributed by atoms with E-state index in [0.29, 0.717) is 11.8 Å². The number of hydrogen-bond acceptors (Lipinski definition) is 5. The lowest BCUT2D eigenvalue weighted by molar-refractivity contribution is -0.137. The third kappa shape index (κ3) is 4.01. The van der Waals surface area contributed by atoms with Crippen LogP contribution in [0, 0.1) is 11.8 Å². The lowest BCUT2D eigenvalue weighted by Gasteiger charge is -2.37. The summed E-state index contributed by atoms with van der Waals surface area (Å²) < 4.78 is 1.70. The number of fused-ring (bicyclic) bond motifs is 1. The highest BCUT2D eigenvalue weighted by Gasteiger charge is 2.31. The molecule has 4 heterocycles. The summed E-state index contributed by atoms with van der Waals surface area (Å²) in [4.78, 5) is 17.4. The van der Waals surface area contributed by atoms with Gasteiger partial charge in [0.2, 0.25) is 5.91 Å². The number of carbonyl (C=O) groups is 1. The predicted octanol–water partition coefficient (Wildman–Crippen LogP) is 2.82. The van der Waals surface area contributed by atoms with E-state index in [9.17, 15) is 4.79 Å². The van der Waals surface area contributed by atoms with Crippen molar-refractivity contribution in [2.45, 2.75) is 32.1 Å². The van der Waals surface area contributed by atoms with Crippen LogP contribution in [0.4, 0.5) is 5.82 Å². The number of rotatable bonds is 4. The number of likely N-dealkylation sites (tertiary alicyclic amines) is 1. The first-order valence-electron chi connectivity index (χ1n) is 11.0. The summed E-state index contributed by atoms with van der Waals surface area (Å²) in [7, 11) is 0. The lowest BCUT2D eigenvalue weighted by atomic mass is 9.88. The van der Waals surface area contributed by atoms with Gasteiger partial charge in [0.1, 0.15) is 12.1 Å². The first-order valence-corrected chi connectivity index (χ1v) is 11.0. The fourth-order valence-corrected chi connectivity index (χ4v) is 4.81. The molecule has 0 saturated carbocycles. The maximum atomic E-state index is 13.1. The van der Waals surface area contributed by atoms with Gasteiger partial charge in [-0.2, -0.15) is 4.52 Å². The maximum absolute atomic E-state index is 13.1. The van der Waals surface area contributed by atoms with E-state index >= 15 is 0 Å². The molecule has 0 N–H and O–H groups in total. The highest BCUT2D eigenvalue weighted by molar-refractivity contribution is 5.79. The molecule has 0 unspecified atom stereocenters.